The van der Waals surface area contributed by atoms with E-state index in [2.05, 4.69) is 5.32 Å². The zero-order chi connectivity index (χ0) is 19.3. The van der Waals surface area contributed by atoms with Gasteiger partial charge in [-0.2, -0.15) is 0 Å². The Morgan fingerprint density at radius 1 is 1.15 bits per heavy atom. The molecule has 1 aromatic heterocycles. The lowest BCUT2D eigenvalue weighted by molar-refractivity contribution is -0.118. The van der Waals surface area contributed by atoms with Crippen molar-refractivity contribution in [3.8, 4) is 5.75 Å². The zero-order valence-corrected chi connectivity index (χ0v) is 15.8. The Balaban J connectivity index is 2.21. The third kappa shape index (κ3) is 4.40. The topological polar surface area (TPSA) is 84.9 Å². The van der Waals surface area contributed by atoms with Crippen molar-refractivity contribution in [2.45, 2.75) is 6.92 Å². The van der Waals surface area contributed by atoms with Crippen molar-refractivity contribution < 1.29 is 23.9 Å². The number of rotatable bonds is 6. The summed E-state index contributed by atoms with van der Waals surface area (Å²) < 4.78 is 10.2. The maximum atomic E-state index is 12.3. The van der Waals surface area contributed by atoms with Gasteiger partial charge in [-0.1, -0.05) is 18.2 Å². The maximum absolute atomic E-state index is 12.3. The molecule has 26 heavy (non-hydrogen) atoms. The molecule has 2 aromatic rings. The summed E-state index contributed by atoms with van der Waals surface area (Å²) in [6, 6.07) is 8.90. The molecule has 0 saturated carbocycles. The Kier molecular flexibility index (Phi) is 6.35. The molecule has 0 spiro atoms. The van der Waals surface area contributed by atoms with Gasteiger partial charge in [-0.15, -0.1) is 11.3 Å². The predicted octanol–water partition coefficient (Wildman–Crippen LogP) is 2.56. The second-order valence-electron chi connectivity index (χ2n) is 5.60. The lowest BCUT2D eigenvalue weighted by Gasteiger charge is -2.08. The van der Waals surface area contributed by atoms with Crippen LogP contribution in [0.4, 0.5) is 5.00 Å². The number of methoxy groups -OCH3 is 1. The summed E-state index contributed by atoms with van der Waals surface area (Å²) in [6.45, 7) is 1.42. The lowest BCUT2D eigenvalue weighted by atomic mass is 10.1. The first kappa shape index (κ1) is 19.5. The second kappa shape index (κ2) is 8.48. The minimum Gasteiger partial charge on any atom is -0.484 e. The average molecular weight is 376 g/mol. The van der Waals surface area contributed by atoms with Crippen LogP contribution < -0.4 is 10.1 Å². The van der Waals surface area contributed by atoms with Crippen LogP contribution in [0.1, 0.15) is 25.6 Å². The highest BCUT2D eigenvalue weighted by Gasteiger charge is 2.27. The van der Waals surface area contributed by atoms with Crippen molar-refractivity contribution in [3.63, 3.8) is 0 Å². The van der Waals surface area contributed by atoms with Crippen LogP contribution in [0.3, 0.4) is 0 Å². The van der Waals surface area contributed by atoms with E-state index >= 15 is 0 Å². The number of amides is 2. The molecule has 1 N–H and O–H groups in total. The van der Waals surface area contributed by atoms with Gasteiger partial charge in [0.2, 0.25) is 0 Å². The van der Waals surface area contributed by atoms with Gasteiger partial charge in [0, 0.05) is 14.1 Å². The molecular formula is C18H20N2O5S. The molecule has 0 unspecified atom stereocenters. The molecule has 0 fully saturated rings. The van der Waals surface area contributed by atoms with Crippen LogP contribution >= 0.6 is 11.3 Å². The van der Waals surface area contributed by atoms with Gasteiger partial charge in [0.15, 0.2) is 6.61 Å². The Labute approximate surface area is 155 Å². The minimum absolute atomic E-state index is 0.177. The largest absolute Gasteiger partial charge is 0.484 e. The number of hydrogen-bond donors (Lipinski definition) is 1. The molecular weight excluding hydrogens is 356 g/mol. The summed E-state index contributed by atoms with van der Waals surface area (Å²) in [5.74, 6) is -0.750. The van der Waals surface area contributed by atoms with Crippen molar-refractivity contribution in [2.24, 2.45) is 0 Å². The Morgan fingerprint density at radius 3 is 2.38 bits per heavy atom. The molecule has 2 amide bonds. The van der Waals surface area contributed by atoms with E-state index in [0.717, 1.165) is 11.3 Å². The fourth-order valence-electron chi connectivity index (χ4n) is 2.18. The normalized spacial score (nSPS) is 10.2. The molecule has 1 aromatic carbocycles. The zero-order valence-electron chi connectivity index (χ0n) is 15.0. The van der Waals surface area contributed by atoms with Crippen LogP contribution in [0.5, 0.6) is 5.75 Å². The molecule has 7 nitrogen and oxygen atoms in total. The van der Waals surface area contributed by atoms with Gasteiger partial charge in [-0.05, 0) is 24.6 Å². The molecule has 0 radical (unpaired) electrons. The van der Waals surface area contributed by atoms with Crippen LogP contribution in [-0.4, -0.2) is 50.5 Å². The Morgan fingerprint density at radius 2 is 1.81 bits per heavy atom. The summed E-state index contributed by atoms with van der Waals surface area (Å²) in [5.41, 5.74) is 0.649. The van der Waals surface area contributed by atoms with Crippen LogP contribution in [0.25, 0.3) is 0 Å². The number of thiophene rings is 1. The van der Waals surface area contributed by atoms with Gasteiger partial charge < -0.3 is 19.7 Å². The number of ether oxygens (including phenoxy) is 2. The number of esters is 1. The van der Waals surface area contributed by atoms with Gasteiger partial charge >= 0.3 is 5.97 Å². The van der Waals surface area contributed by atoms with Gasteiger partial charge in [0.1, 0.15) is 10.8 Å². The molecule has 0 bridgehead atoms. The molecule has 8 heteroatoms. The van der Waals surface area contributed by atoms with E-state index in [9.17, 15) is 14.4 Å². The smallest absolute Gasteiger partial charge is 0.341 e. The first-order valence-corrected chi connectivity index (χ1v) is 8.57. The molecule has 0 aliphatic heterocycles. The van der Waals surface area contributed by atoms with Gasteiger partial charge in [0.25, 0.3) is 11.8 Å². The SMILES string of the molecule is COC(=O)c1c(NC(=O)COc2ccccc2)sc(C(=O)N(C)C)c1C. The first-order valence-electron chi connectivity index (χ1n) is 7.76. The third-order valence-electron chi connectivity index (χ3n) is 3.50. The van der Waals surface area contributed by atoms with Crippen molar-refractivity contribution in [3.05, 3.63) is 46.3 Å². The van der Waals surface area contributed by atoms with E-state index in [0.29, 0.717) is 16.2 Å². The highest BCUT2D eigenvalue weighted by atomic mass is 32.1. The van der Waals surface area contributed by atoms with E-state index in [4.69, 9.17) is 9.47 Å². The number of anilines is 1. The standard InChI is InChI=1S/C18H20N2O5S/c1-11-14(18(23)24-4)16(26-15(11)17(22)20(2)3)19-13(21)10-25-12-8-6-5-7-9-12/h5-9H,10H2,1-4H3,(H,19,21). The van der Waals surface area contributed by atoms with E-state index < -0.39 is 11.9 Å². The summed E-state index contributed by atoms with van der Waals surface area (Å²) in [7, 11) is 4.48. The van der Waals surface area contributed by atoms with Crippen LogP contribution in [-0.2, 0) is 9.53 Å². The highest BCUT2D eigenvalue weighted by Crippen LogP contribution is 2.34. The van der Waals surface area contributed by atoms with Crippen LogP contribution in [0.2, 0.25) is 0 Å². The summed E-state index contributed by atoms with van der Waals surface area (Å²) in [4.78, 5) is 38.4. The molecule has 1 heterocycles. The van der Waals surface area contributed by atoms with Crippen LogP contribution in [0.15, 0.2) is 30.3 Å². The Bertz CT molecular complexity index is 814. The molecule has 0 saturated heterocycles. The highest BCUT2D eigenvalue weighted by molar-refractivity contribution is 7.18. The lowest BCUT2D eigenvalue weighted by Crippen LogP contribution is -2.21. The number of benzene rings is 1. The van der Waals surface area contributed by atoms with E-state index in [1.54, 1.807) is 45.3 Å². The average Bonchev–Trinajstić information content (AvgIpc) is 2.95. The molecule has 0 aliphatic rings. The fourth-order valence-corrected chi connectivity index (χ4v) is 3.42. The van der Waals surface area contributed by atoms with Gasteiger partial charge in [-0.25, -0.2) is 4.79 Å². The molecule has 2 rings (SSSR count). The second-order valence-corrected chi connectivity index (χ2v) is 6.62. The van der Waals surface area contributed by atoms with E-state index in [-0.39, 0.29) is 23.1 Å². The number of para-hydroxylation sites is 1. The minimum atomic E-state index is -0.615. The van der Waals surface area contributed by atoms with Crippen molar-refractivity contribution >= 4 is 34.1 Å². The van der Waals surface area contributed by atoms with Crippen molar-refractivity contribution in [1.82, 2.24) is 4.90 Å². The number of carbonyl (C=O) groups excluding carboxylic acids is 3. The maximum Gasteiger partial charge on any atom is 0.341 e. The monoisotopic (exact) mass is 376 g/mol. The number of carbonyl (C=O) groups is 3. The molecule has 0 aliphatic carbocycles. The number of nitrogens with zero attached hydrogens (tertiary/aromatic N) is 1. The Hall–Kier alpha value is -2.87. The van der Waals surface area contributed by atoms with Gasteiger partial charge in [0.05, 0.1) is 17.6 Å². The predicted molar refractivity (Wildman–Crippen MR) is 99.0 cm³/mol. The van der Waals surface area contributed by atoms with Gasteiger partial charge in [-0.3, -0.25) is 9.59 Å². The fraction of sp³-hybridized carbons (Fsp3) is 0.278. The number of hydrogen-bond acceptors (Lipinski definition) is 6. The first-order chi connectivity index (χ1) is 12.3. The van der Waals surface area contributed by atoms with E-state index in [1.807, 2.05) is 6.07 Å². The number of nitrogens with one attached hydrogen (secondary N) is 1. The van der Waals surface area contributed by atoms with Crippen molar-refractivity contribution in [2.75, 3.05) is 33.1 Å². The molecule has 138 valence electrons. The summed E-state index contributed by atoms with van der Waals surface area (Å²) in [5, 5.41) is 2.90. The van der Waals surface area contributed by atoms with E-state index in [1.165, 1.54) is 12.0 Å². The molecule has 0 atom stereocenters. The van der Waals surface area contributed by atoms with Crippen LogP contribution in [0, 0.1) is 6.92 Å². The van der Waals surface area contributed by atoms with Crippen molar-refractivity contribution in [1.29, 1.82) is 0 Å². The quantitative estimate of drug-likeness (QED) is 0.783. The summed E-state index contributed by atoms with van der Waals surface area (Å²) >= 11 is 1.04. The third-order valence-corrected chi connectivity index (χ3v) is 4.70. The summed E-state index contributed by atoms with van der Waals surface area (Å²) in [6.07, 6.45) is 0.